The molecule has 0 spiro atoms. The molecular formula is C26H21ClN2O6S. The van der Waals surface area contributed by atoms with E-state index in [0.717, 1.165) is 36.1 Å². The second-order valence-corrected chi connectivity index (χ2v) is 9.47. The summed E-state index contributed by atoms with van der Waals surface area (Å²) in [6.45, 7) is 1.93. The maximum Gasteiger partial charge on any atom is 0.341 e. The minimum absolute atomic E-state index is 0.0343. The molecule has 3 aromatic rings. The highest BCUT2D eigenvalue weighted by molar-refractivity contribution is 7.17. The van der Waals surface area contributed by atoms with E-state index in [9.17, 15) is 19.6 Å². The molecule has 0 bridgehead atoms. The van der Waals surface area contributed by atoms with Crippen LogP contribution >= 0.6 is 22.9 Å². The van der Waals surface area contributed by atoms with Gasteiger partial charge in [-0.25, -0.2) is 9.59 Å². The Bertz CT molecular complexity index is 1430. The van der Waals surface area contributed by atoms with Gasteiger partial charge in [-0.05, 0) is 62.4 Å². The summed E-state index contributed by atoms with van der Waals surface area (Å²) in [5, 5.41) is 21.9. The maximum atomic E-state index is 13.0. The fraction of sp³-hybridized carbons (Fsp3) is 0.231. The van der Waals surface area contributed by atoms with Crippen molar-refractivity contribution >= 4 is 51.9 Å². The first-order valence-corrected chi connectivity index (χ1v) is 12.4. The zero-order valence-electron chi connectivity index (χ0n) is 19.2. The second kappa shape index (κ2) is 10.8. The number of aryl methyl sites for hydroxylation is 1. The summed E-state index contributed by atoms with van der Waals surface area (Å²) in [6, 6.07) is 9.46. The summed E-state index contributed by atoms with van der Waals surface area (Å²) < 4.78 is 10.9. The molecule has 184 valence electrons. The Balaban J connectivity index is 1.58. The van der Waals surface area contributed by atoms with Crippen LogP contribution in [0.5, 0.6) is 0 Å². The van der Waals surface area contributed by atoms with Crippen molar-refractivity contribution in [3.05, 3.63) is 68.3 Å². The number of benzene rings is 1. The Kier molecular flexibility index (Phi) is 7.58. The number of carbonyl (C=O) groups is 3. The van der Waals surface area contributed by atoms with E-state index in [-0.39, 0.29) is 28.5 Å². The van der Waals surface area contributed by atoms with E-state index in [4.69, 9.17) is 25.9 Å². The average molecular weight is 525 g/mol. The quantitative estimate of drug-likeness (QED) is 0.221. The predicted octanol–water partition coefficient (Wildman–Crippen LogP) is 5.96. The van der Waals surface area contributed by atoms with Crippen molar-refractivity contribution in [1.82, 2.24) is 0 Å². The number of thiophene rings is 1. The molecule has 8 nitrogen and oxygen atoms in total. The molecule has 1 aliphatic carbocycles. The van der Waals surface area contributed by atoms with E-state index < -0.39 is 17.8 Å². The maximum absolute atomic E-state index is 13.0. The fourth-order valence-corrected chi connectivity index (χ4v) is 5.50. The number of nitrogens with zero attached hydrogens (tertiary/aromatic N) is 1. The number of anilines is 1. The zero-order chi connectivity index (χ0) is 25.8. The molecule has 0 atom stereocenters. The Hall–Kier alpha value is -3.87. The fourth-order valence-electron chi connectivity index (χ4n) is 3.96. The molecule has 0 saturated carbocycles. The molecule has 10 heteroatoms. The van der Waals surface area contributed by atoms with Gasteiger partial charge in [-0.15, -0.1) is 11.3 Å². The van der Waals surface area contributed by atoms with Crippen LogP contribution in [-0.2, 0) is 22.4 Å². The number of carboxylic acids is 1. The van der Waals surface area contributed by atoms with Crippen LogP contribution in [0.1, 0.15) is 56.7 Å². The number of hydrogen-bond acceptors (Lipinski definition) is 7. The number of carboxylic acid groups (broad SMARTS) is 1. The van der Waals surface area contributed by atoms with Crippen molar-refractivity contribution in [1.29, 1.82) is 5.26 Å². The van der Waals surface area contributed by atoms with Crippen LogP contribution in [0.15, 0.2) is 40.3 Å². The van der Waals surface area contributed by atoms with Crippen LogP contribution in [0, 0.1) is 11.3 Å². The summed E-state index contributed by atoms with van der Waals surface area (Å²) >= 11 is 7.37. The molecule has 2 N–H and O–H groups in total. The van der Waals surface area contributed by atoms with Gasteiger partial charge in [-0.3, -0.25) is 4.79 Å². The third kappa shape index (κ3) is 5.20. The number of nitrogens with one attached hydrogen (secondary N) is 1. The molecule has 2 aromatic heterocycles. The lowest BCUT2D eigenvalue weighted by Gasteiger charge is -2.12. The molecule has 0 aliphatic heterocycles. The minimum atomic E-state index is -1.14. The largest absolute Gasteiger partial charge is 0.478 e. The normalized spacial score (nSPS) is 13.0. The zero-order valence-corrected chi connectivity index (χ0v) is 20.8. The summed E-state index contributed by atoms with van der Waals surface area (Å²) in [4.78, 5) is 37.8. The summed E-state index contributed by atoms with van der Waals surface area (Å²) in [5.74, 6) is -1.68. The molecule has 0 unspecified atom stereocenters. The SMILES string of the molecule is CCOC(=O)c1c(NC(=O)C(C#N)=Cc2ccc(-c3ccc(C(=O)O)c(Cl)c3)o2)sc2c1CCCC2. The van der Waals surface area contributed by atoms with Gasteiger partial charge in [-0.2, -0.15) is 5.26 Å². The van der Waals surface area contributed by atoms with E-state index >= 15 is 0 Å². The summed E-state index contributed by atoms with van der Waals surface area (Å²) in [7, 11) is 0. The third-order valence-corrected chi connectivity index (χ3v) is 7.16. The summed E-state index contributed by atoms with van der Waals surface area (Å²) in [6.07, 6.45) is 4.83. The van der Waals surface area contributed by atoms with E-state index in [1.807, 2.05) is 6.07 Å². The first kappa shape index (κ1) is 25.2. The number of rotatable bonds is 7. The smallest absolute Gasteiger partial charge is 0.341 e. The number of furan rings is 1. The van der Waals surface area contributed by atoms with Crippen LogP contribution in [0.4, 0.5) is 5.00 Å². The Labute approximate surface area is 215 Å². The van der Waals surface area contributed by atoms with Crippen molar-refractivity contribution in [2.75, 3.05) is 11.9 Å². The lowest BCUT2D eigenvalue weighted by atomic mass is 9.95. The van der Waals surface area contributed by atoms with E-state index in [1.165, 1.54) is 29.5 Å². The number of ether oxygens (including phenoxy) is 1. The van der Waals surface area contributed by atoms with Gasteiger partial charge in [0.25, 0.3) is 5.91 Å². The highest BCUT2D eigenvalue weighted by Gasteiger charge is 2.28. The van der Waals surface area contributed by atoms with Crippen molar-refractivity contribution in [3.63, 3.8) is 0 Å². The van der Waals surface area contributed by atoms with E-state index in [1.54, 1.807) is 25.1 Å². The van der Waals surface area contributed by atoms with Crippen molar-refractivity contribution in [2.24, 2.45) is 0 Å². The van der Waals surface area contributed by atoms with Gasteiger partial charge < -0.3 is 19.6 Å². The topological polar surface area (TPSA) is 130 Å². The monoisotopic (exact) mass is 524 g/mol. The van der Waals surface area contributed by atoms with Gasteiger partial charge >= 0.3 is 11.9 Å². The minimum Gasteiger partial charge on any atom is -0.478 e. The number of esters is 1. The summed E-state index contributed by atoms with van der Waals surface area (Å²) in [5.41, 5.74) is 1.56. The number of amides is 1. The molecule has 4 rings (SSSR count). The predicted molar refractivity (Wildman–Crippen MR) is 135 cm³/mol. The van der Waals surface area contributed by atoms with E-state index in [0.29, 0.717) is 21.9 Å². The van der Waals surface area contributed by atoms with Crippen LogP contribution in [0.2, 0.25) is 5.02 Å². The van der Waals surface area contributed by atoms with Gasteiger partial charge in [0.15, 0.2) is 0 Å². The first-order chi connectivity index (χ1) is 17.3. The highest BCUT2D eigenvalue weighted by atomic mass is 35.5. The lowest BCUT2D eigenvalue weighted by Crippen LogP contribution is -2.16. The van der Waals surface area contributed by atoms with Crippen molar-refractivity contribution in [3.8, 4) is 17.4 Å². The Morgan fingerprint density at radius 3 is 2.72 bits per heavy atom. The van der Waals surface area contributed by atoms with Gasteiger partial charge in [-0.1, -0.05) is 17.7 Å². The number of carbonyl (C=O) groups excluding carboxylic acids is 2. The molecule has 0 saturated heterocycles. The number of nitriles is 1. The molecule has 1 aliphatic rings. The lowest BCUT2D eigenvalue weighted by molar-refractivity contribution is -0.112. The molecule has 1 aromatic carbocycles. The van der Waals surface area contributed by atoms with Crippen molar-refractivity contribution < 1.29 is 28.6 Å². The van der Waals surface area contributed by atoms with Gasteiger partial charge in [0.1, 0.15) is 28.2 Å². The third-order valence-electron chi connectivity index (χ3n) is 5.64. The Morgan fingerprint density at radius 2 is 2.03 bits per heavy atom. The molecule has 36 heavy (non-hydrogen) atoms. The van der Waals surface area contributed by atoms with Crippen LogP contribution in [-0.4, -0.2) is 29.6 Å². The molecule has 0 radical (unpaired) electrons. The first-order valence-electron chi connectivity index (χ1n) is 11.2. The number of aromatic carboxylic acids is 1. The molecular weight excluding hydrogens is 504 g/mol. The number of halogens is 1. The van der Waals surface area contributed by atoms with Gasteiger partial charge in [0.2, 0.25) is 0 Å². The van der Waals surface area contributed by atoms with E-state index in [2.05, 4.69) is 5.32 Å². The molecule has 0 fully saturated rings. The average Bonchev–Trinajstić information content (AvgIpc) is 3.46. The van der Waals surface area contributed by atoms with Crippen molar-refractivity contribution in [2.45, 2.75) is 32.6 Å². The highest BCUT2D eigenvalue weighted by Crippen LogP contribution is 2.39. The number of hydrogen-bond donors (Lipinski definition) is 2. The van der Waals surface area contributed by atoms with Crippen LogP contribution in [0.3, 0.4) is 0 Å². The standard InChI is InChI=1S/C26H21ClN2O6S/c1-2-34-26(33)22-18-5-3-4-6-21(18)36-24(22)29-23(30)15(13-28)11-16-8-10-20(35-16)14-7-9-17(25(31)32)19(27)12-14/h7-12H,2-6H2,1H3,(H,29,30)(H,31,32). The second-order valence-electron chi connectivity index (χ2n) is 7.96. The molecule has 1 amide bonds. The van der Waals surface area contributed by atoms with Crippen LogP contribution in [0.25, 0.3) is 17.4 Å². The van der Waals surface area contributed by atoms with Crippen LogP contribution < -0.4 is 5.32 Å². The number of fused-ring (bicyclic) bond motifs is 1. The molecule has 2 heterocycles. The van der Waals surface area contributed by atoms with Gasteiger partial charge in [0, 0.05) is 16.5 Å². The van der Waals surface area contributed by atoms with Gasteiger partial charge in [0.05, 0.1) is 22.8 Å². The Morgan fingerprint density at radius 1 is 1.25 bits per heavy atom.